The molecule has 2 rings (SSSR count). The third-order valence-electron chi connectivity index (χ3n) is 5.29. The second-order valence-electron chi connectivity index (χ2n) is 7.77. The molecule has 0 aliphatic rings. The lowest BCUT2D eigenvalue weighted by atomic mass is 10.0. The molecule has 0 aromatic carbocycles. The van der Waals surface area contributed by atoms with Crippen molar-refractivity contribution in [3.05, 3.63) is 6.33 Å². The maximum absolute atomic E-state index is 9.93. The van der Waals surface area contributed by atoms with Crippen molar-refractivity contribution in [2.75, 3.05) is 5.75 Å². The first kappa shape index (κ1) is 23.0. The fourth-order valence-electron chi connectivity index (χ4n) is 3.54. The lowest BCUT2D eigenvalue weighted by molar-refractivity contribution is 0.423. The Hall–Kier alpha value is -1.30. The van der Waals surface area contributed by atoms with Crippen molar-refractivity contribution in [2.45, 2.75) is 102 Å². The third-order valence-corrected chi connectivity index (χ3v) is 6.36. The van der Waals surface area contributed by atoms with Gasteiger partial charge in [0, 0.05) is 7.05 Å². The molecule has 6 heteroatoms. The number of thioether (sulfide) groups is 1. The minimum atomic E-state index is 0.107. The van der Waals surface area contributed by atoms with E-state index in [9.17, 15) is 5.11 Å². The summed E-state index contributed by atoms with van der Waals surface area (Å²) in [5.41, 5.74) is 1.25. The standard InChI is InChI=1S/C22H38N4OS/c1-3-4-5-6-7-8-9-10-11-12-13-14-15-16-17-28-21-19-20(23-18-24-21)22(27)26(2)25-19/h18,27H,3-17H2,1-2H3. The van der Waals surface area contributed by atoms with Gasteiger partial charge in [0.05, 0.1) is 0 Å². The summed E-state index contributed by atoms with van der Waals surface area (Å²) in [5, 5.41) is 15.1. The molecule has 0 unspecified atom stereocenters. The molecule has 0 saturated carbocycles. The number of nitrogens with zero attached hydrogens (tertiary/aromatic N) is 4. The average molecular weight is 407 g/mol. The number of rotatable bonds is 16. The van der Waals surface area contributed by atoms with Crippen LogP contribution in [0.2, 0.25) is 0 Å². The highest BCUT2D eigenvalue weighted by atomic mass is 32.2. The first-order valence-electron chi connectivity index (χ1n) is 11.2. The molecule has 0 amide bonds. The van der Waals surface area contributed by atoms with Gasteiger partial charge in [-0.25, -0.2) is 14.6 Å². The van der Waals surface area contributed by atoms with Gasteiger partial charge in [-0.2, -0.15) is 5.10 Å². The van der Waals surface area contributed by atoms with Crippen LogP contribution in [0.1, 0.15) is 96.8 Å². The quantitative estimate of drug-likeness (QED) is 0.192. The summed E-state index contributed by atoms with van der Waals surface area (Å²) < 4.78 is 1.45. The second kappa shape index (κ2) is 13.8. The van der Waals surface area contributed by atoms with Crippen LogP contribution in [0.4, 0.5) is 0 Å². The Morgan fingerprint density at radius 3 is 1.89 bits per heavy atom. The van der Waals surface area contributed by atoms with Crippen LogP contribution in [0.15, 0.2) is 11.4 Å². The molecule has 0 aliphatic heterocycles. The molecule has 158 valence electrons. The summed E-state index contributed by atoms with van der Waals surface area (Å²) in [4.78, 5) is 8.46. The van der Waals surface area contributed by atoms with Gasteiger partial charge in [0.1, 0.15) is 16.9 Å². The molecule has 2 aromatic heterocycles. The SMILES string of the molecule is CCCCCCCCCCCCCCCCSc1ncnc2c(O)n(C)nc12. The Morgan fingerprint density at radius 2 is 1.32 bits per heavy atom. The molecule has 2 heterocycles. The van der Waals surface area contributed by atoms with E-state index in [1.165, 1.54) is 101 Å². The number of aromatic hydroxyl groups is 1. The van der Waals surface area contributed by atoms with Crippen molar-refractivity contribution in [3.63, 3.8) is 0 Å². The van der Waals surface area contributed by atoms with Crippen LogP contribution < -0.4 is 0 Å². The van der Waals surface area contributed by atoms with Crippen LogP contribution >= 0.6 is 11.8 Å². The van der Waals surface area contributed by atoms with Crippen LogP contribution in [0.3, 0.4) is 0 Å². The number of hydrogen-bond donors (Lipinski definition) is 1. The van der Waals surface area contributed by atoms with Gasteiger partial charge in [-0.15, -0.1) is 11.8 Å². The van der Waals surface area contributed by atoms with E-state index < -0.39 is 0 Å². The minimum Gasteiger partial charge on any atom is -0.492 e. The Bertz CT molecular complexity index is 674. The molecule has 5 nitrogen and oxygen atoms in total. The van der Waals surface area contributed by atoms with Crippen molar-refractivity contribution in [1.82, 2.24) is 19.7 Å². The molecule has 0 spiro atoms. The topological polar surface area (TPSA) is 63.8 Å². The molecule has 0 bridgehead atoms. The van der Waals surface area contributed by atoms with Crippen molar-refractivity contribution < 1.29 is 5.11 Å². The summed E-state index contributed by atoms with van der Waals surface area (Å²) in [5.74, 6) is 1.15. The van der Waals surface area contributed by atoms with Crippen LogP contribution in [-0.4, -0.2) is 30.6 Å². The minimum absolute atomic E-state index is 0.107. The predicted octanol–water partition coefficient (Wildman–Crippen LogP) is 6.64. The van der Waals surface area contributed by atoms with Gasteiger partial charge >= 0.3 is 0 Å². The maximum Gasteiger partial charge on any atom is 0.236 e. The van der Waals surface area contributed by atoms with Gasteiger partial charge < -0.3 is 5.11 Å². The lowest BCUT2D eigenvalue weighted by Gasteiger charge is -2.03. The lowest BCUT2D eigenvalue weighted by Crippen LogP contribution is -1.90. The predicted molar refractivity (Wildman–Crippen MR) is 119 cm³/mol. The fraction of sp³-hybridized carbons (Fsp3) is 0.773. The number of aryl methyl sites for hydroxylation is 1. The zero-order chi connectivity index (χ0) is 20.0. The van der Waals surface area contributed by atoms with E-state index in [4.69, 9.17) is 0 Å². The highest BCUT2D eigenvalue weighted by Crippen LogP contribution is 2.28. The number of unbranched alkanes of at least 4 members (excludes halogenated alkanes) is 13. The molecule has 2 aromatic rings. The van der Waals surface area contributed by atoms with Gasteiger partial charge in [-0.3, -0.25) is 0 Å². The molecule has 28 heavy (non-hydrogen) atoms. The van der Waals surface area contributed by atoms with Crippen LogP contribution in [-0.2, 0) is 7.05 Å². The number of aromatic nitrogens is 4. The van der Waals surface area contributed by atoms with Gasteiger partial charge in [0.2, 0.25) is 5.88 Å². The van der Waals surface area contributed by atoms with Gasteiger partial charge in [-0.05, 0) is 12.2 Å². The normalized spacial score (nSPS) is 11.5. The monoisotopic (exact) mass is 406 g/mol. The van der Waals surface area contributed by atoms with Crippen molar-refractivity contribution in [1.29, 1.82) is 0 Å². The summed E-state index contributed by atoms with van der Waals surface area (Å²) in [6.45, 7) is 2.28. The van der Waals surface area contributed by atoms with Crippen molar-refractivity contribution in [3.8, 4) is 5.88 Å². The molecular weight excluding hydrogens is 368 g/mol. The Kier molecular flexibility index (Phi) is 11.3. The molecule has 0 atom stereocenters. The summed E-state index contributed by atoms with van der Waals surface area (Å²) in [6, 6.07) is 0. The van der Waals surface area contributed by atoms with E-state index in [2.05, 4.69) is 22.0 Å². The Balaban J connectivity index is 1.44. The smallest absolute Gasteiger partial charge is 0.236 e. The van der Waals surface area contributed by atoms with Crippen LogP contribution in [0.25, 0.3) is 11.0 Å². The highest BCUT2D eigenvalue weighted by molar-refractivity contribution is 7.99. The molecule has 0 fully saturated rings. The first-order chi connectivity index (χ1) is 13.7. The zero-order valence-corrected chi connectivity index (χ0v) is 18.6. The Morgan fingerprint density at radius 1 is 0.786 bits per heavy atom. The van der Waals surface area contributed by atoms with E-state index >= 15 is 0 Å². The maximum atomic E-state index is 9.93. The first-order valence-corrected chi connectivity index (χ1v) is 12.2. The highest BCUT2D eigenvalue weighted by Gasteiger charge is 2.13. The molecule has 0 aliphatic carbocycles. The largest absolute Gasteiger partial charge is 0.492 e. The van der Waals surface area contributed by atoms with E-state index in [1.54, 1.807) is 18.8 Å². The van der Waals surface area contributed by atoms with Gasteiger partial charge in [0.15, 0.2) is 5.52 Å². The summed E-state index contributed by atoms with van der Waals surface area (Å²) in [6.07, 6.45) is 20.9. The Labute approximate surface area is 174 Å². The van der Waals surface area contributed by atoms with Crippen molar-refractivity contribution in [2.24, 2.45) is 7.05 Å². The van der Waals surface area contributed by atoms with Crippen molar-refractivity contribution >= 4 is 22.8 Å². The molecule has 0 saturated heterocycles. The molecule has 0 radical (unpaired) electrons. The number of hydrogen-bond acceptors (Lipinski definition) is 5. The van der Waals surface area contributed by atoms with Crippen LogP contribution in [0, 0.1) is 0 Å². The van der Waals surface area contributed by atoms with Crippen LogP contribution in [0.5, 0.6) is 5.88 Å². The average Bonchev–Trinajstić information content (AvgIpc) is 3.00. The van der Waals surface area contributed by atoms with E-state index in [-0.39, 0.29) is 5.88 Å². The van der Waals surface area contributed by atoms with Gasteiger partial charge in [0.25, 0.3) is 0 Å². The second-order valence-corrected chi connectivity index (χ2v) is 8.85. The van der Waals surface area contributed by atoms with Gasteiger partial charge in [-0.1, -0.05) is 90.4 Å². The van der Waals surface area contributed by atoms with E-state index in [1.807, 2.05) is 0 Å². The number of fused-ring (bicyclic) bond motifs is 1. The van der Waals surface area contributed by atoms with E-state index in [0.717, 1.165) is 10.8 Å². The van der Waals surface area contributed by atoms with E-state index in [0.29, 0.717) is 11.0 Å². The summed E-state index contributed by atoms with van der Waals surface area (Å²) >= 11 is 1.72. The molecular formula is C22H38N4OS. The third kappa shape index (κ3) is 7.98. The zero-order valence-electron chi connectivity index (χ0n) is 17.8. The fourth-order valence-corrected chi connectivity index (χ4v) is 4.48. The molecule has 1 N–H and O–H groups in total. The summed E-state index contributed by atoms with van der Waals surface area (Å²) in [7, 11) is 1.72.